The van der Waals surface area contributed by atoms with Crippen molar-refractivity contribution < 1.29 is 0 Å². The SMILES string of the molecule is CCNC(=NCC1(N2CCCCC2)CCN(C)CC1)NCCc1ccc(Cl)nc1.I. The fourth-order valence-electron chi connectivity index (χ4n) is 4.42. The van der Waals surface area contributed by atoms with Crippen molar-refractivity contribution in [2.45, 2.75) is 51.0 Å². The summed E-state index contributed by atoms with van der Waals surface area (Å²) in [7, 11) is 2.24. The molecule has 1 aromatic heterocycles. The lowest BCUT2D eigenvalue weighted by molar-refractivity contribution is 0.0208. The molecule has 1 aromatic rings. The molecule has 0 aliphatic carbocycles. The van der Waals surface area contributed by atoms with E-state index in [1.807, 2.05) is 18.3 Å². The van der Waals surface area contributed by atoms with Crippen LogP contribution in [0.1, 0.15) is 44.6 Å². The molecule has 0 amide bonds. The Morgan fingerprint density at radius 1 is 1.13 bits per heavy atom. The van der Waals surface area contributed by atoms with Crippen molar-refractivity contribution in [3.05, 3.63) is 29.0 Å². The summed E-state index contributed by atoms with van der Waals surface area (Å²) in [6, 6.07) is 3.88. The minimum Gasteiger partial charge on any atom is -0.357 e. The summed E-state index contributed by atoms with van der Waals surface area (Å²) >= 11 is 5.88. The number of aliphatic imine (C=N–C) groups is 1. The molecule has 2 aliphatic heterocycles. The molecule has 2 fully saturated rings. The third kappa shape index (κ3) is 7.50. The highest BCUT2D eigenvalue weighted by atomic mass is 127. The number of halogens is 2. The first-order valence-corrected chi connectivity index (χ1v) is 11.6. The van der Waals surface area contributed by atoms with Crippen molar-refractivity contribution in [1.29, 1.82) is 0 Å². The summed E-state index contributed by atoms with van der Waals surface area (Å²) in [5.74, 6) is 0.921. The molecule has 3 rings (SSSR count). The van der Waals surface area contributed by atoms with E-state index >= 15 is 0 Å². The Balaban J connectivity index is 0.00000320. The molecule has 0 bridgehead atoms. The standard InChI is InChI=1S/C22H37ClN6.HI/c1-3-24-21(25-12-9-19-7-8-20(23)26-17-19)27-18-22(10-15-28(2)16-11-22)29-13-5-4-6-14-29;/h7-8,17H,3-6,9-16,18H2,1-2H3,(H2,24,25,27);1H. The third-order valence-corrected chi connectivity index (χ3v) is 6.54. The van der Waals surface area contributed by atoms with E-state index in [2.05, 4.69) is 39.4 Å². The van der Waals surface area contributed by atoms with Crippen molar-refractivity contribution in [3.8, 4) is 0 Å². The normalized spacial score (nSPS) is 20.4. The van der Waals surface area contributed by atoms with Gasteiger partial charge in [-0.3, -0.25) is 9.89 Å². The van der Waals surface area contributed by atoms with Gasteiger partial charge < -0.3 is 15.5 Å². The maximum Gasteiger partial charge on any atom is 0.191 e. The fraction of sp³-hybridized carbons (Fsp3) is 0.727. The van der Waals surface area contributed by atoms with E-state index in [1.54, 1.807) is 0 Å². The monoisotopic (exact) mass is 548 g/mol. The second-order valence-electron chi connectivity index (χ2n) is 8.44. The maximum atomic E-state index is 5.88. The first-order chi connectivity index (χ1) is 14.1. The molecule has 2 aliphatic rings. The molecule has 0 radical (unpaired) electrons. The molecular formula is C22H38ClIN6. The van der Waals surface area contributed by atoms with Gasteiger partial charge in [0.2, 0.25) is 0 Å². The van der Waals surface area contributed by atoms with Crippen molar-refractivity contribution >= 4 is 41.5 Å². The zero-order valence-corrected chi connectivity index (χ0v) is 21.6. The highest BCUT2D eigenvalue weighted by Gasteiger charge is 2.39. The Labute approximate surface area is 204 Å². The number of guanidine groups is 1. The van der Waals surface area contributed by atoms with Gasteiger partial charge in [-0.1, -0.05) is 24.1 Å². The second-order valence-corrected chi connectivity index (χ2v) is 8.82. The zero-order chi connectivity index (χ0) is 20.5. The lowest BCUT2D eigenvalue weighted by Gasteiger charge is -2.49. The van der Waals surface area contributed by atoms with Gasteiger partial charge in [0.05, 0.1) is 6.54 Å². The summed E-state index contributed by atoms with van der Waals surface area (Å²) < 4.78 is 0. The molecule has 0 spiro atoms. The maximum absolute atomic E-state index is 5.88. The number of nitrogens with one attached hydrogen (secondary N) is 2. The van der Waals surface area contributed by atoms with Crippen LogP contribution in [0.25, 0.3) is 0 Å². The van der Waals surface area contributed by atoms with Crippen LogP contribution >= 0.6 is 35.6 Å². The molecule has 3 heterocycles. The van der Waals surface area contributed by atoms with Gasteiger partial charge in [-0.2, -0.15) is 0 Å². The van der Waals surface area contributed by atoms with E-state index in [4.69, 9.17) is 16.6 Å². The largest absolute Gasteiger partial charge is 0.357 e. The van der Waals surface area contributed by atoms with Crippen molar-refractivity contribution in [2.24, 2.45) is 4.99 Å². The number of pyridine rings is 1. The molecule has 0 aromatic carbocycles. The molecular weight excluding hydrogens is 511 g/mol. The topological polar surface area (TPSA) is 55.8 Å². The van der Waals surface area contributed by atoms with Crippen LogP contribution in [0.5, 0.6) is 0 Å². The average Bonchev–Trinajstić information content (AvgIpc) is 2.75. The van der Waals surface area contributed by atoms with Crippen molar-refractivity contribution in [1.82, 2.24) is 25.4 Å². The molecule has 0 unspecified atom stereocenters. The summed E-state index contributed by atoms with van der Waals surface area (Å²) in [5.41, 5.74) is 1.40. The second kappa shape index (κ2) is 13.0. The van der Waals surface area contributed by atoms with Crippen LogP contribution in [-0.4, -0.2) is 79.1 Å². The molecule has 0 atom stereocenters. The Morgan fingerprint density at radius 2 is 1.87 bits per heavy atom. The zero-order valence-electron chi connectivity index (χ0n) is 18.5. The molecule has 2 N–H and O–H groups in total. The van der Waals surface area contributed by atoms with E-state index in [1.165, 1.54) is 63.8 Å². The van der Waals surface area contributed by atoms with E-state index in [0.717, 1.165) is 32.0 Å². The van der Waals surface area contributed by atoms with Crippen LogP contribution < -0.4 is 10.6 Å². The minimum absolute atomic E-state index is 0. The van der Waals surface area contributed by atoms with Crippen molar-refractivity contribution in [2.75, 3.05) is 52.9 Å². The number of hydrogen-bond donors (Lipinski definition) is 2. The first kappa shape index (κ1) is 25.6. The van der Waals surface area contributed by atoms with Gasteiger partial charge in [0, 0.05) is 24.8 Å². The van der Waals surface area contributed by atoms with E-state index in [0.29, 0.717) is 5.15 Å². The van der Waals surface area contributed by atoms with Crippen LogP contribution in [0.3, 0.4) is 0 Å². The molecule has 0 saturated carbocycles. The quantitative estimate of drug-likeness (QED) is 0.237. The van der Waals surface area contributed by atoms with Crippen LogP contribution in [0.2, 0.25) is 5.15 Å². The van der Waals surface area contributed by atoms with Crippen LogP contribution in [0.4, 0.5) is 0 Å². The highest BCUT2D eigenvalue weighted by molar-refractivity contribution is 14.0. The first-order valence-electron chi connectivity index (χ1n) is 11.2. The summed E-state index contributed by atoms with van der Waals surface area (Å²) in [5, 5.41) is 7.46. The van der Waals surface area contributed by atoms with Gasteiger partial charge in [0.25, 0.3) is 0 Å². The highest BCUT2D eigenvalue weighted by Crippen LogP contribution is 2.31. The van der Waals surface area contributed by atoms with Gasteiger partial charge in [-0.15, -0.1) is 24.0 Å². The molecule has 30 heavy (non-hydrogen) atoms. The van der Waals surface area contributed by atoms with Gasteiger partial charge >= 0.3 is 0 Å². The molecule has 6 nitrogen and oxygen atoms in total. The van der Waals surface area contributed by atoms with Gasteiger partial charge in [0.1, 0.15) is 5.15 Å². The fourth-order valence-corrected chi connectivity index (χ4v) is 4.54. The predicted molar refractivity (Wildman–Crippen MR) is 137 cm³/mol. The Kier molecular flexibility index (Phi) is 11.1. The van der Waals surface area contributed by atoms with Gasteiger partial charge in [-0.05, 0) is 83.9 Å². The number of hydrogen-bond acceptors (Lipinski definition) is 4. The average molecular weight is 549 g/mol. The molecule has 170 valence electrons. The Hall–Kier alpha value is -0.640. The number of nitrogens with zero attached hydrogens (tertiary/aromatic N) is 4. The summed E-state index contributed by atoms with van der Waals surface area (Å²) in [6.45, 7) is 9.48. The Bertz CT molecular complexity index is 640. The third-order valence-electron chi connectivity index (χ3n) is 6.32. The number of rotatable bonds is 7. The molecule has 8 heteroatoms. The van der Waals surface area contributed by atoms with E-state index in [-0.39, 0.29) is 29.5 Å². The van der Waals surface area contributed by atoms with Crippen LogP contribution in [-0.2, 0) is 6.42 Å². The van der Waals surface area contributed by atoms with Crippen LogP contribution in [0, 0.1) is 0 Å². The minimum atomic E-state index is 0. The number of likely N-dealkylation sites (tertiary alicyclic amines) is 2. The number of aromatic nitrogens is 1. The summed E-state index contributed by atoms with van der Waals surface area (Å²) in [6.07, 6.45) is 9.20. The van der Waals surface area contributed by atoms with E-state index in [9.17, 15) is 0 Å². The lowest BCUT2D eigenvalue weighted by atomic mass is 9.84. The summed E-state index contributed by atoms with van der Waals surface area (Å²) in [4.78, 5) is 14.4. The Morgan fingerprint density at radius 3 is 2.50 bits per heavy atom. The number of piperidine rings is 2. The predicted octanol–water partition coefficient (Wildman–Crippen LogP) is 3.40. The van der Waals surface area contributed by atoms with E-state index < -0.39 is 0 Å². The van der Waals surface area contributed by atoms with Crippen LogP contribution in [0.15, 0.2) is 23.3 Å². The van der Waals surface area contributed by atoms with Gasteiger partial charge in [0.15, 0.2) is 5.96 Å². The smallest absolute Gasteiger partial charge is 0.191 e. The van der Waals surface area contributed by atoms with Crippen molar-refractivity contribution in [3.63, 3.8) is 0 Å². The lowest BCUT2D eigenvalue weighted by Crippen LogP contribution is -2.58. The van der Waals surface area contributed by atoms with Gasteiger partial charge in [-0.25, -0.2) is 4.98 Å². The molecule has 2 saturated heterocycles.